The highest BCUT2D eigenvalue weighted by molar-refractivity contribution is 6.04. The summed E-state index contributed by atoms with van der Waals surface area (Å²) < 4.78 is 13.0. The van der Waals surface area contributed by atoms with Crippen LogP contribution in [-0.4, -0.2) is 51.7 Å². The summed E-state index contributed by atoms with van der Waals surface area (Å²) in [5, 5.41) is 23.4. The van der Waals surface area contributed by atoms with E-state index in [9.17, 15) is 15.0 Å². The van der Waals surface area contributed by atoms with Crippen molar-refractivity contribution < 1.29 is 24.5 Å². The van der Waals surface area contributed by atoms with Crippen LogP contribution < -0.4 is 5.32 Å². The maximum atomic E-state index is 12.7. The predicted molar refractivity (Wildman–Crippen MR) is 161 cm³/mol. The van der Waals surface area contributed by atoms with Crippen molar-refractivity contribution in [3.63, 3.8) is 0 Å². The van der Waals surface area contributed by atoms with E-state index in [1.807, 2.05) is 92.8 Å². The first-order chi connectivity index (χ1) is 20.4. The van der Waals surface area contributed by atoms with E-state index in [2.05, 4.69) is 15.2 Å². The van der Waals surface area contributed by atoms with Crippen LogP contribution in [0.2, 0.25) is 0 Å². The molecule has 0 spiro atoms. The Kier molecular flexibility index (Phi) is 9.74. The van der Waals surface area contributed by atoms with Crippen LogP contribution in [0.5, 0.6) is 0 Å². The lowest BCUT2D eigenvalue weighted by atomic mass is 9.98. The zero-order chi connectivity index (χ0) is 29.5. The number of carbonyl (C=O) groups is 1. The molecule has 5 rings (SSSR count). The van der Waals surface area contributed by atoms with Gasteiger partial charge in [0.25, 0.3) is 5.91 Å². The average Bonchev–Trinajstić information content (AvgIpc) is 3.04. The highest BCUT2D eigenvalue weighted by Crippen LogP contribution is 2.39. The van der Waals surface area contributed by atoms with Crippen molar-refractivity contribution in [3.8, 4) is 0 Å². The fraction of sp³-hybridized carbons (Fsp3) is 0.294. The molecule has 0 radical (unpaired) electrons. The molecular weight excluding hydrogens is 530 g/mol. The van der Waals surface area contributed by atoms with Crippen LogP contribution in [0.4, 0.5) is 5.69 Å². The molecule has 1 aromatic heterocycles. The van der Waals surface area contributed by atoms with Gasteiger partial charge in [-0.2, -0.15) is 0 Å². The maximum absolute atomic E-state index is 12.7. The monoisotopic (exact) mass is 567 g/mol. The first-order valence-corrected chi connectivity index (χ1v) is 14.2. The second-order valence-electron chi connectivity index (χ2n) is 10.7. The largest absolute Gasteiger partial charge is 0.392 e. The molecule has 3 aromatic carbocycles. The Morgan fingerprint density at radius 1 is 1.00 bits per heavy atom. The van der Waals surface area contributed by atoms with Crippen molar-refractivity contribution in [2.24, 2.45) is 0 Å². The molecule has 1 aliphatic heterocycles. The Hall–Kier alpha value is -3.92. The molecule has 5 atom stereocenters. The second-order valence-corrected chi connectivity index (χ2v) is 10.7. The van der Waals surface area contributed by atoms with Crippen molar-refractivity contribution in [1.82, 2.24) is 9.88 Å². The minimum Gasteiger partial charge on any atom is -0.392 e. The first-order valence-electron chi connectivity index (χ1n) is 14.2. The van der Waals surface area contributed by atoms with Gasteiger partial charge >= 0.3 is 0 Å². The molecular formula is C34H37N3O5. The van der Waals surface area contributed by atoms with Crippen LogP contribution in [0, 0.1) is 0 Å². The van der Waals surface area contributed by atoms with Crippen molar-refractivity contribution in [1.29, 1.82) is 0 Å². The van der Waals surface area contributed by atoms with Crippen LogP contribution >= 0.6 is 0 Å². The Bertz CT molecular complexity index is 1430. The topological polar surface area (TPSA) is 104 Å². The van der Waals surface area contributed by atoms with E-state index in [0.29, 0.717) is 24.2 Å². The molecule has 3 N–H and O–H groups in total. The van der Waals surface area contributed by atoms with Gasteiger partial charge in [-0.15, -0.1) is 0 Å². The summed E-state index contributed by atoms with van der Waals surface area (Å²) in [7, 11) is 1.99. The van der Waals surface area contributed by atoms with Gasteiger partial charge in [0, 0.05) is 42.7 Å². The molecule has 0 unspecified atom stereocenters. The third kappa shape index (κ3) is 7.28. The number of anilines is 1. The Labute approximate surface area is 246 Å². The minimum absolute atomic E-state index is 0.0237. The molecule has 1 fully saturated rings. The number of aliphatic hydroxyl groups excluding tert-OH is 2. The van der Waals surface area contributed by atoms with Crippen LogP contribution in [-0.2, 0) is 16.1 Å². The number of nitrogens with zero attached hydrogens (tertiary/aromatic N) is 2. The highest BCUT2D eigenvalue weighted by atomic mass is 16.7. The lowest BCUT2D eigenvalue weighted by Gasteiger charge is -2.39. The summed E-state index contributed by atoms with van der Waals surface area (Å²) >= 11 is 0. The summed E-state index contributed by atoms with van der Waals surface area (Å²) in [5.74, 6) is -0.252. The fourth-order valence-corrected chi connectivity index (χ4v) is 5.15. The van der Waals surface area contributed by atoms with Gasteiger partial charge in [-0.3, -0.25) is 14.7 Å². The number of hydrogen-bond acceptors (Lipinski definition) is 7. The number of likely N-dealkylation sites (N-methyl/N-ethyl adjacent to an activating group) is 1. The predicted octanol–water partition coefficient (Wildman–Crippen LogP) is 5.43. The quantitative estimate of drug-likeness (QED) is 0.235. The van der Waals surface area contributed by atoms with Crippen LogP contribution in [0.25, 0.3) is 0 Å². The third-order valence-electron chi connectivity index (χ3n) is 7.74. The van der Waals surface area contributed by atoms with Crippen LogP contribution in [0.3, 0.4) is 0 Å². The average molecular weight is 568 g/mol. The van der Waals surface area contributed by atoms with Gasteiger partial charge in [0.2, 0.25) is 0 Å². The number of ether oxygens (including phenoxy) is 2. The first kappa shape index (κ1) is 29.6. The molecule has 1 aliphatic rings. The minimum atomic E-state index is -0.677. The van der Waals surface area contributed by atoms with Crippen molar-refractivity contribution in [2.75, 3.05) is 18.9 Å². The Morgan fingerprint density at radius 2 is 1.79 bits per heavy atom. The molecule has 1 amide bonds. The lowest BCUT2D eigenvalue weighted by molar-refractivity contribution is -0.253. The van der Waals surface area contributed by atoms with Gasteiger partial charge in [0.15, 0.2) is 6.29 Å². The highest BCUT2D eigenvalue weighted by Gasteiger charge is 2.34. The number of benzene rings is 3. The van der Waals surface area contributed by atoms with Gasteiger partial charge in [0.05, 0.1) is 30.5 Å². The summed E-state index contributed by atoms with van der Waals surface area (Å²) in [6.45, 7) is 2.56. The van der Waals surface area contributed by atoms with Gasteiger partial charge < -0.3 is 25.0 Å². The Balaban J connectivity index is 1.35. The lowest BCUT2D eigenvalue weighted by Crippen LogP contribution is -2.43. The zero-order valence-electron chi connectivity index (χ0n) is 23.8. The zero-order valence-corrected chi connectivity index (χ0v) is 23.8. The Morgan fingerprint density at radius 3 is 2.50 bits per heavy atom. The molecule has 0 aliphatic carbocycles. The summed E-state index contributed by atoms with van der Waals surface area (Å²) in [6.07, 6.45) is 1.99. The van der Waals surface area contributed by atoms with Crippen molar-refractivity contribution in [3.05, 3.63) is 131 Å². The van der Waals surface area contributed by atoms with E-state index in [-0.39, 0.29) is 30.8 Å². The van der Waals surface area contributed by atoms with Crippen LogP contribution in [0.15, 0.2) is 103 Å². The molecule has 8 heteroatoms. The maximum Gasteiger partial charge on any atom is 0.257 e. The van der Waals surface area contributed by atoms with E-state index in [4.69, 9.17) is 9.47 Å². The number of amides is 1. The smallest absolute Gasteiger partial charge is 0.257 e. The van der Waals surface area contributed by atoms with Gasteiger partial charge in [-0.05, 0) is 54.9 Å². The van der Waals surface area contributed by atoms with E-state index in [1.54, 1.807) is 18.3 Å². The second kappa shape index (κ2) is 13.8. The van der Waals surface area contributed by atoms with Crippen molar-refractivity contribution in [2.45, 2.75) is 50.6 Å². The SMILES string of the molecule is C[C@H]([C@@H](O)c1ccccc1)N(C)C[C@@H]1C[C@H](c2ccc(CO)cc2)O[C@H](c2cccc(NC(=O)c3cccnc3)c2)O1. The normalized spacial score (nSPS) is 20.2. The van der Waals surface area contributed by atoms with E-state index in [0.717, 1.165) is 22.3 Å². The number of rotatable bonds is 10. The summed E-state index contributed by atoms with van der Waals surface area (Å²) in [5.41, 5.74) is 4.56. The van der Waals surface area contributed by atoms with Gasteiger partial charge in [-0.25, -0.2) is 0 Å². The summed E-state index contributed by atoms with van der Waals surface area (Å²) in [6, 6.07) is 28.2. The van der Waals surface area contributed by atoms with Gasteiger partial charge in [0.1, 0.15) is 0 Å². The fourth-order valence-electron chi connectivity index (χ4n) is 5.15. The van der Waals surface area contributed by atoms with Crippen LogP contribution in [0.1, 0.15) is 64.5 Å². The number of hydrogen-bond donors (Lipinski definition) is 3. The number of nitrogens with one attached hydrogen (secondary N) is 1. The standard InChI is InChI=1S/C34H37N3O5/c1-23(32(39)26-8-4-3-5-9-26)37(2)21-30-19-31(25-15-13-24(22-38)14-16-25)42-34(41-30)27-10-6-12-29(18-27)36-33(40)28-11-7-17-35-20-28/h3-18,20,23,30-32,34,38-39H,19,21-22H2,1-2H3,(H,36,40)/t23-,30+,31-,32-,34-/m1/s1. The van der Waals surface area contributed by atoms with E-state index in [1.165, 1.54) is 6.20 Å². The number of aliphatic hydroxyl groups is 2. The number of carbonyl (C=O) groups excluding carboxylic acids is 1. The molecule has 2 heterocycles. The summed E-state index contributed by atoms with van der Waals surface area (Å²) in [4.78, 5) is 18.9. The molecule has 1 saturated heterocycles. The van der Waals surface area contributed by atoms with Crippen molar-refractivity contribution >= 4 is 11.6 Å². The van der Waals surface area contributed by atoms with Gasteiger partial charge in [-0.1, -0.05) is 66.7 Å². The third-order valence-corrected chi connectivity index (χ3v) is 7.74. The molecule has 218 valence electrons. The molecule has 0 bridgehead atoms. The molecule has 8 nitrogen and oxygen atoms in total. The molecule has 0 saturated carbocycles. The number of pyridine rings is 1. The number of aromatic nitrogens is 1. The van der Waals surface area contributed by atoms with E-state index < -0.39 is 12.4 Å². The van der Waals surface area contributed by atoms with E-state index >= 15 is 0 Å². The molecule has 4 aromatic rings. The molecule has 42 heavy (non-hydrogen) atoms.